The van der Waals surface area contributed by atoms with Crippen LogP contribution in [0, 0.1) is 0 Å². The fourth-order valence-corrected chi connectivity index (χ4v) is 8.73. The molecule has 0 saturated heterocycles. The van der Waals surface area contributed by atoms with Crippen LogP contribution in [0.15, 0.2) is 205 Å². The average molecular weight is 717 g/mol. The first kappa shape index (κ1) is 32.2. The zero-order valence-electron chi connectivity index (χ0n) is 30.6. The molecular formula is C52H36N4. The van der Waals surface area contributed by atoms with Crippen molar-refractivity contribution in [1.29, 1.82) is 0 Å². The van der Waals surface area contributed by atoms with Crippen LogP contribution in [0.2, 0.25) is 0 Å². The lowest BCUT2D eigenvalue weighted by atomic mass is 9.90. The number of benzene rings is 7. The Labute approximate surface area is 325 Å². The van der Waals surface area contributed by atoms with Gasteiger partial charge in [-0.05, 0) is 107 Å². The molecule has 0 radical (unpaired) electrons. The van der Waals surface area contributed by atoms with Gasteiger partial charge in [-0.1, -0.05) is 127 Å². The van der Waals surface area contributed by atoms with Crippen molar-refractivity contribution in [3.63, 3.8) is 0 Å². The Hall–Kier alpha value is -7.30. The molecule has 0 N–H and O–H groups in total. The quantitative estimate of drug-likeness (QED) is 0.169. The van der Waals surface area contributed by atoms with Crippen molar-refractivity contribution in [1.82, 2.24) is 14.1 Å². The fourth-order valence-electron chi connectivity index (χ4n) is 8.73. The van der Waals surface area contributed by atoms with Crippen molar-refractivity contribution in [3.05, 3.63) is 217 Å². The van der Waals surface area contributed by atoms with Gasteiger partial charge in [-0.2, -0.15) is 0 Å². The van der Waals surface area contributed by atoms with Crippen LogP contribution in [0.3, 0.4) is 0 Å². The largest absolute Gasteiger partial charge is 0.309 e. The fraction of sp³-hybridized carbons (Fsp3) is 0.0385. The maximum absolute atomic E-state index is 5.32. The molecule has 3 aromatic heterocycles. The van der Waals surface area contributed by atoms with Gasteiger partial charge < -0.3 is 4.57 Å². The Bertz CT molecular complexity index is 3130. The zero-order chi connectivity index (χ0) is 37.0. The SMILES string of the molecule is C1=C(c2ccccc2)CC(c2ccccc2)N=C1c1ccc(-n2c3ccccc3c3c(-c4ccc5c(c4)c4cccnc4n5-c4ccccc4)cccc32)cc1. The van der Waals surface area contributed by atoms with Gasteiger partial charge in [0.15, 0.2) is 0 Å². The minimum atomic E-state index is 0.0622. The molecule has 4 nitrogen and oxygen atoms in total. The van der Waals surface area contributed by atoms with Gasteiger partial charge >= 0.3 is 0 Å². The molecule has 7 aromatic carbocycles. The van der Waals surface area contributed by atoms with Crippen LogP contribution in [-0.4, -0.2) is 19.8 Å². The topological polar surface area (TPSA) is 35.1 Å². The first-order valence-electron chi connectivity index (χ1n) is 19.3. The van der Waals surface area contributed by atoms with Crippen molar-refractivity contribution in [2.24, 2.45) is 4.99 Å². The maximum Gasteiger partial charge on any atom is 0.145 e. The number of nitrogens with zero attached hydrogens (tertiary/aromatic N) is 4. The van der Waals surface area contributed by atoms with Crippen LogP contribution in [0.4, 0.5) is 0 Å². The molecule has 0 amide bonds. The number of fused-ring (bicyclic) bond motifs is 6. The molecule has 1 aliphatic heterocycles. The number of aliphatic imine (C=N–C) groups is 1. The molecule has 56 heavy (non-hydrogen) atoms. The molecule has 4 heterocycles. The summed E-state index contributed by atoms with van der Waals surface area (Å²) in [7, 11) is 0. The van der Waals surface area contributed by atoms with E-state index in [0.717, 1.165) is 45.6 Å². The van der Waals surface area contributed by atoms with Gasteiger partial charge in [0.1, 0.15) is 5.65 Å². The zero-order valence-corrected chi connectivity index (χ0v) is 30.6. The average Bonchev–Trinajstić information content (AvgIpc) is 3.80. The molecule has 0 aliphatic carbocycles. The molecule has 1 atom stereocenters. The summed E-state index contributed by atoms with van der Waals surface area (Å²) in [5, 5.41) is 4.81. The third-order valence-electron chi connectivity index (χ3n) is 11.3. The van der Waals surface area contributed by atoms with Crippen molar-refractivity contribution in [3.8, 4) is 22.5 Å². The molecule has 264 valence electrons. The van der Waals surface area contributed by atoms with E-state index in [9.17, 15) is 0 Å². The molecule has 0 fully saturated rings. The summed E-state index contributed by atoms with van der Waals surface area (Å²) in [6.45, 7) is 0. The molecule has 1 aliphatic rings. The van der Waals surface area contributed by atoms with Gasteiger partial charge in [0.25, 0.3) is 0 Å². The number of para-hydroxylation sites is 2. The second-order valence-corrected chi connectivity index (χ2v) is 14.6. The Kier molecular flexibility index (Phi) is 7.59. The van der Waals surface area contributed by atoms with Crippen LogP contribution < -0.4 is 0 Å². The van der Waals surface area contributed by atoms with E-state index in [1.54, 1.807) is 0 Å². The van der Waals surface area contributed by atoms with Gasteiger partial charge in [-0.15, -0.1) is 0 Å². The molecular weight excluding hydrogens is 681 g/mol. The lowest BCUT2D eigenvalue weighted by Gasteiger charge is -2.22. The van der Waals surface area contributed by atoms with Crippen molar-refractivity contribution in [2.75, 3.05) is 0 Å². The molecule has 10 aromatic rings. The number of allylic oxidation sites excluding steroid dienone is 1. The summed E-state index contributed by atoms with van der Waals surface area (Å²) in [5.74, 6) is 0. The number of dihydropyridines is 1. The van der Waals surface area contributed by atoms with Crippen molar-refractivity contribution >= 4 is 55.0 Å². The first-order chi connectivity index (χ1) is 27.8. The minimum Gasteiger partial charge on any atom is -0.309 e. The van der Waals surface area contributed by atoms with Crippen LogP contribution in [0.5, 0.6) is 0 Å². The third kappa shape index (κ3) is 5.30. The summed E-state index contributed by atoms with van der Waals surface area (Å²) in [6, 6.07) is 67.5. The second-order valence-electron chi connectivity index (χ2n) is 14.6. The van der Waals surface area contributed by atoms with E-state index in [4.69, 9.17) is 9.98 Å². The highest BCUT2D eigenvalue weighted by Crippen LogP contribution is 2.41. The highest BCUT2D eigenvalue weighted by atomic mass is 15.0. The van der Waals surface area contributed by atoms with E-state index in [-0.39, 0.29) is 6.04 Å². The third-order valence-corrected chi connectivity index (χ3v) is 11.3. The summed E-state index contributed by atoms with van der Waals surface area (Å²) >= 11 is 0. The smallest absolute Gasteiger partial charge is 0.145 e. The van der Waals surface area contributed by atoms with E-state index in [0.29, 0.717) is 0 Å². The van der Waals surface area contributed by atoms with Gasteiger partial charge in [-0.25, -0.2) is 4.98 Å². The lowest BCUT2D eigenvalue weighted by Crippen LogP contribution is -2.10. The monoisotopic (exact) mass is 716 g/mol. The molecule has 11 rings (SSSR count). The molecule has 4 heteroatoms. The Morgan fingerprint density at radius 1 is 0.464 bits per heavy atom. The molecule has 0 bridgehead atoms. The van der Waals surface area contributed by atoms with Crippen LogP contribution in [-0.2, 0) is 0 Å². The van der Waals surface area contributed by atoms with Crippen molar-refractivity contribution in [2.45, 2.75) is 12.5 Å². The maximum atomic E-state index is 5.32. The lowest BCUT2D eigenvalue weighted by molar-refractivity contribution is 0.748. The Morgan fingerprint density at radius 3 is 1.95 bits per heavy atom. The second kappa shape index (κ2) is 13.2. The normalized spacial score (nSPS) is 14.4. The summed E-state index contributed by atoms with van der Waals surface area (Å²) in [6.07, 6.45) is 5.03. The summed E-state index contributed by atoms with van der Waals surface area (Å²) in [4.78, 5) is 10.2. The summed E-state index contributed by atoms with van der Waals surface area (Å²) in [5.41, 5.74) is 15.0. The van der Waals surface area contributed by atoms with E-state index in [1.807, 2.05) is 12.3 Å². The van der Waals surface area contributed by atoms with Crippen LogP contribution in [0.25, 0.3) is 71.8 Å². The first-order valence-corrected chi connectivity index (χ1v) is 19.3. The van der Waals surface area contributed by atoms with Gasteiger partial charge in [-0.3, -0.25) is 9.56 Å². The Morgan fingerprint density at radius 2 is 1.12 bits per heavy atom. The predicted molar refractivity (Wildman–Crippen MR) is 233 cm³/mol. The molecule has 0 spiro atoms. The number of hydrogen-bond acceptors (Lipinski definition) is 2. The number of pyridine rings is 1. The number of rotatable bonds is 6. The highest BCUT2D eigenvalue weighted by Gasteiger charge is 2.22. The Balaban J connectivity index is 1.03. The number of aromatic nitrogens is 3. The predicted octanol–water partition coefficient (Wildman–Crippen LogP) is 13.0. The van der Waals surface area contributed by atoms with E-state index in [2.05, 4.69) is 197 Å². The molecule has 0 saturated carbocycles. The standard InChI is InChI=1S/C52H36N4/c1-4-14-35(15-5-1)39-33-46(36-16-6-2-7-17-36)54-47(34-39)37-25-28-41(29-26-37)55-48-23-11-10-20-44(48)51-42(21-12-24-50(51)55)38-27-30-49-45(32-38)43-22-13-31-53-52(43)56(49)40-18-8-3-9-19-40/h1-32,34,46H,33H2. The van der Waals surface area contributed by atoms with Gasteiger partial charge in [0.05, 0.1) is 28.3 Å². The van der Waals surface area contributed by atoms with E-state index in [1.165, 1.54) is 55.0 Å². The van der Waals surface area contributed by atoms with Gasteiger partial charge in [0.2, 0.25) is 0 Å². The van der Waals surface area contributed by atoms with Crippen molar-refractivity contribution < 1.29 is 0 Å². The van der Waals surface area contributed by atoms with Crippen LogP contribution in [0.1, 0.15) is 29.2 Å². The van der Waals surface area contributed by atoms with Gasteiger partial charge in [0, 0.05) is 39.1 Å². The van der Waals surface area contributed by atoms with Crippen LogP contribution >= 0.6 is 0 Å². The highest BCUT2D eigenvalue weighted by molar-refractivity contribution is 6.17. The summed E-state index contributed by atoms with van der Waals surface area (Å²) < 4.78 is 4.67. The number of hydrogen-bond donors (Lipinski definition) is 0. The van der Waals surface area contributed by atoms with E-state index >= 15 is 0 Å². The minimum absolute atomic E-state index is 0.0622. The van der Waals surface area contributed by atoms with E-state index < -0.39 is 0 Å². The molecule has 1 unspecified atom stereocenters.